The predicted octanol–water partition coefficient (Wildman–Crippen LogP) is 3.86. The average molecular weight is 337 g/mol. The van der Waals surface area contributed by atoms with Crippen molar-refractivity contribution in [3.63, 3.8) is 0 Å². The largest absolute Gasteiger partial charge is 0.493 e. The minimum absolute atomic E-state index is 0.0980. The summed E-state index contributed by atoms with van der Waals surface area (Å²) in [7, 11) is 0. The number of aliphatic hydroxyl groups is 1. The van der Waals surface area contributed by atoms with Crippen molar-refractivity contribution in [3.05, 3.63) is 27.8 Å². The van der Waals surface area contributed by atoms with Gasteiger partial charge in [0.05, 0.1) is 23.3 Å². The molecule has 0 spiro atoms. The van der Waals surface area contributed by atoms with Crippen molar-refractivity contribution in [1.82, 2.24) is 4.90 Å². The third-order valence-electron chi connectivity index (χ3n) is 4.39. The molecule has 0 radical (unpaired) electrons. The van der Waals surface area contributed by atoms with Crippen LogP contribution in [-0.4, -0.2) is 35.2 Å². The molecule has 2 rings (SSSR count). The summed E-state index contributed by atoms with van der Waals surface area (Å²) in [6, 6.07) is 3.87. The summed E-state index contributed by atoms with van der Waals surface area (Å²) in [5, 5.41) is 20.0. The summed E-state index contributed by atoms with van der Waals surface area (Å²) in [6.45, 7) is 12.3. The van der Waals surface area contributed by atoms with E-state index >= 15 is 0 Å². The first-order valence-electron chi connectivity index (χ1n) is 8.03. The van der Waals surface area contributed by atoms with E-state index in [9.17, 15) is 10.4 Å². The van der Waals surface area contributed by atoms with Crippen LogP contribution in [0, 0.1) is 11.3 Å². The monoisotopic (exact) mass is 336 g/mol. The number of benzene rings is 1. The van der Waals surface area contributed by atoms with Gasteiger partial charge in [-0.3, -0.25) is 4.90 Å². The van der Waals surface area contributed by atoms with Gasteiger partial charge in [0.15, 0.2) is 0 Å². The zero-order chi connectivity index (χ0) is 17.4. The zero-order valence-corrected chi connectivity index (χ0v) is 15.2. The van der Waals surface area contributed by atoms with Gasteiger partial charge in [-0.2, -0.15) is 5.26 Å². The lowest BCUT2D eigenvalue weighted by Crippen LogP contribution is -2.54. The lowest BCUT2D eigenvalue weighted by Gasteiger charge is -2.48. The van der Waals surface area contributed by atoms with Crippen LogP contribution in [0.4, 0.5) is 0 Å². The van der Waals surface area contributed by atoms with Crippen molar-refractivity contribution in [3.8, 4) is 11.8 Å². The zero-order valence-electron chi connectivity index (χ0n) is 14.5. The second-order valence-corrected chi connectivity index (χ2v) is 7.47. The second-order valence-electron chi connectivity index (χ2n) is 7.06. The molecule has 1 aliphatic rings. The van der Waals surface area contributed by atoms with Gasteiger partial charge >= 0.3 is 0 Å². The van der Waals surface area contributed by atoms with Crippen LogP contribution in [-0.2, 0) is 0 Å². The maximum Gasteiger partial charge on any atom is 0.130 e. The quantitative estimate of drug-likeness (QED) is 0.907. The normalized spacial score (nSPS) is 17.5. The van der Waals surface area contributed by atoms with Crippen molar-refractivity contribution < 1.29 is 9.84 Å². The highest BCUT2D eigenvalue weighted by Gasteiger charge is 2.39. The maximum absolute atomic E-state index is 10.1. The fourth-order valence-electron chi connectivity index (χ4n) is 3.00. The molecule has 1 aromatic rings. The van der Waals surface area contributed by atoms with E-state index in [1.165, 1.54) is 0 Å². The van der Waals surface area contributed by atoms with Crippen molar-refractivity contribution in [2.75, 3.05) is 19.7 Å². The number of likely N-dealkylation sites (tertiary alicyclic amines) is 1. The maximum atomic E-state index is 10.1. The Morgan fingerprint density at radius 2 is 2.09 bits per heavy atom. The number of hydrogen-bond acceptors (Lipinski definition) is 4. The third-order valence-corrected chi connectivity index (χ3v) is 4.68. The van der Waals surface area contributed by atoms with Crippen LogP contribution < -0.4 is 4.74 Å². The molecule has 1 aromatic carbocycles. The molecule has 0 bridgehead atoms. The van der Waals surface area contributed by atoms with E-state index < -0.39 is 6.10 Å². The van der Waals surface area contributed by atoms with Crippen LogP contribution in [0.1, 0.15) is 63.3 Å². The summed E-state index contributed by atoms with van der Waals surface area (Å²) in [6.07, 6.45) is -0.695. The second kappa shape index (κ2) is 6.68. The van der Waals surface area contributed by atoms with Crippen LogP contribution >= 0.6 is 11.6 Å². The molecule has 1 heterocycles. The van der Waals surface area contributed by atoms with Gasteiger partial charge in [-0.15, -0.1) is 0 Å². The van der Waals surface area contributed by atoms with Gasteiger partial charge in [-0.25, -0.2) is 0 Å². The molecule has 0 amide bonds. The van der Waals surface area contributed by atoms with Gasteiger partial charge in [-0.05, 0) is 40.7 Å². The Bertz CT molecular complexity index is 623. The first-order chi connectivity index (χ1) is 10.7. The minimum atomic E-state index is -0.695. The molecular weight excluding hydrogens is 312 g/mol. The summed E-state index contributed by atoms with van der Waals surface area (Å²) >= 11 is 6.30. The molecule has 1 unspecified atom stereocenters. The Morgan fingerprint density at radius 3 is 2.52 bits per heavy atom. The first-order valence-corrected chi connectivity index (χ1v) is 8.40. The van der Waals surface area contributed by atoms with E-state index in [0.29, 0.717) is 28.5 Å². The molecule has 0 aliphatic carbocycles. The smallest absolute Gasteiger partial charge is 0.130 e. The highest BCUT2D eigenvalue weighted by molar-refractivity contribution is 6.32. The number of nitrogens with zero attached hydrogens (tertiary/aromatic N) is 2. The summed E-state index contributed by atoms with van der Waals surface area (Å²) in [4.78, 5) is 2.36. The lowest BCUT2D eigenvalue weighted by molar-refractivity contribution is 0.0457. The van der Waals surface area contributed by atoms with Crippen LogP contribution in [0.2, 0.25) is 5.02 Å². The number of aliphatic hydroxyl groups excluding tert-OH is 1. The Labute approximate surface area is 143 Å². The number of rotatable bonds is 4. The fourth-order valence-corrected chi connectivity index (χ4v) is 3.26. The summed E-state index contributed by atoms with van der Waals surface area (Å²) < 4.78 is 5.82. The molecule has 5 heteroatoms. The molecule has 1 atom stereocenters. The number of halogens is 1. The molecule has 1 fully saturated rings. The SMILES string of the molecule is CCOc1c(C(C)O)cc(Cl)c(C#N)c1C1CN(C(C)(C)C)C1. The van der Waals surface area contributed by atoms with Crippen molar-refractivity contribution in [2.24, 2.45) is 0 Å². The minimum Gasteiger partial charge on any atom is -0.493 e. The average Bonchev–Trinajstić information content (AvgIpc) is 2.38. The fraction of sp³-hybridized carbons (Fsp3) is 0.611. The standard InChI is InChI=1S/C18H25ClN2O2/c1-6-23-17-13(11(2)22)7-15(19)14(8-20)16(17)12-9-21(10-12)18(3,4)5/h7,11-12,22H,6,9-10H2,1-5H3. The van der Waals surface area contributed by atoms with E-state index in [0.717, 1.165) is 18.7 Å². The number of nitriles is 1. The highest BCUT2D eigenvalue weighted by Crippen LogP contribution is 2.44. The first kappa shape index (κ1) is 18.1. The van der Waals surface area contributed by atoms with E-state index in [1.54, 1.807) is 13.0 Å². The Kier molecular flexibility index (Phi) is 5.25. The van der Waals surface area contributed by atoms with Gasteiger partial charge in [0.2, 0.25) is 0 Å². The topological polar surface area (TPSA) is 56.5 Å². The molecule has 4 nitrogen and oxygen atoms in total. The van der Waals surface area contributed by atoms with E-state index in [2.05, 4.69) is 31.7 Å². The number of hydrogen-bond donors (Lipinski definition) is 1. The predicted molar refractivity (Wildman–Crippen MR) is 92.0 cm³/mol. The number of ether oxygens (including phenoxy) is 1. The van der Waals surface area contributed by atoms with Crippen molar-refractivity contribution in [2.45, 2.75) is 52.2 Å². The Hall–Kier alpha value is -1.28. The summed E-state index contributed by atoms with van der Waals surface area (Å²) in [5.74, 6) is 0.823. The Balaban J connectivity index is 2.50. The van der Waals surface area contributed by atoms with Gasteiger partial charge in [0.25, 0.3) is 0 Å². The van der Waals surface area contributed by atoms with Gasteiger partial charge in [0, 0.05) is 35.7 Å². The van der Waals surface area contributed by atoms with Crippen LogP contribution in [0.15, 0.2) is 6.07 Å². The van der Waals surface area contributed by atoms with Crippen LogP contribution in [0.5, 0.6) is 5.75 Å². The summed E-state index contributed by atoms with van der Waals surface area (Å²) in [5.41, 5.74) is 2.07. The molecule has 0 aromatic heterocycles. The van der Waals surface area contributed by atoms with E-state index in [-0.39, 0.29) is 11.5 Å². The highest BCUT2D eigenvalue weighted by atomic mass is 35.5. The van der Waals surface area contributed by atoms with Crippen LogP contribution in [0.3, 0.4) is 0 Å². The van der Waals surface area contributed by atoms with Gasteiger partial charge < -0.3 is 9.84 Å². The van der Waals surface area contributed by atoms with Crippen molar-refractivity contribution >= 4 is 11.6 Å². The van der Waals surface area contributed by atoms with Gasteiger partial charge in [-0.1, -0.05) is 11.6 Å². The molecular formula is C18H25ClN2O2. The molecule has 126 valence electrons. The molecule has 1 saturated heterocycles. The van der Waals surface area contributed by atoms with Crippen LogP contribution in [0.25, 0.3) is 0 Å². The molecule has 1 N–H and O–H groups in total. The third kappa shape index (κ3) is 3.47. The molecule has 0 saturated carbocycles. The Morgan fingerprint density at radius 1 is 1.48 bits per heavy atom. The van der Waals surface area contributed by atoms with E-state index in [4.69, 9.17) is 16.3 Å². The molecule has 1 aliphatic heterocycles. The lowest BCUT2D eigenvalue weighted by atomic mass is 9.83. The van der Waals surface area contributed by atoms with E-state index in [1.807, 2.05) is 6.92 Å². The van der Waals surface area contributed by atoms with Gasteiger partial charge in [0.1, 0.15) is 11.8 Å². The van der Waals surface area contributed by atoms with Crippen molar-refractivity contribution in [1.29, 1.82) is 5.26 Å². The molecule has 23 heavy (non-hydrogen) atoms.